The highest BCUT2D eigenvalue weighted by Gasteiger charge is 2.17. The minimum absolute atomic E-state index is 0.339. The lowest BCUT2D eigenvalue weighted by Gasteiger charge is -2.27. The van der Waals surface area contributed by atoms with Gasteiger partial charge in [-0.1, -0.05) is 0 Å². The van der Waals surface area contributed by atoms with Gasteiger partial charge in [0.25, 0.3) is 0 Å². The van der Waals surface area contributed by atoms with Crippen molar-refractivity contribution in [3.63, 3.8) is 0 Å². The van der Waals surface area contributed by atoms with Crippen molar-refractivity contribution in [2.75, 3.05) is 33.2 Å². The zero-order chi connectivity index (χ0) is 9.64. The Labute approximate surface area is 84.9 Å². The molecular weight excluding hydrogens is 182 g/mol. The average molecular weight is 201 g/mol. The monoisotopic (exact) mass is 201 g/mol. The minimum atomic E-state index is 0.339. The summed E-state index contributed by atoms with van der Waals surface area (Å²) >= 11 is 0. The topological polar surface area (TPSA) is 39.7 Å². The minimum Gasteiger partial charge on any atom is -0.381 e. The van der Waals surface area contributed by atoms with E-state index in [1.807, 2.05) is 0 Å². The van der Waals surface area contributed by atoms with Gasteiger partial charge in [-0.15, -0.1) is 0 Å². The van der Waals surface area contributed by atoms with Crippen molar-refractivity contribution < 1.29 is 14.2 Å². The van der Waals surface area contributed by atoms with E-state index in [0.717, 1.165) is 45.6 Å². The fraction of sp³-hybridized carbons (Fsp3) is 1.00. The van der Waals surface area contributed by atoms with E-state index in [4.69, 9.17) is 14.2 Å². The summed E-state index contributed by atoms with van der Waals surface area (Å²) in [5.74, 6) is 0. The average Bonchev–Trinajstić information content (AvgIpc) is 2.29. The summed E-state index contributed by atoms with van der Waals surface area (Å²) < 4.78 is 15.9. The van der Waals surface area contributed by atoms with Crippen LogP contribution in [0.15, 0.2) is 0 Å². The summed E-state index contributed by atoms with van der Waals surface area (Å²) in [5.41, 5.74) is 0. The molecule has 82 valence electrons. The van der Waals surface area contributed by atoms with Crippen LogP contribution in [0.25, 0.3) is 0 Å². The van der Waals surface area contributed by atoms with Crippen LogP contribution in [0, 0.1) is 0 Å². The molecule has 4 heteroatoms. The SMILES string of the molecule is C1CC(NCC2CCOCO2)CCO1. The van der Waals surface area contributed by atoms with Crippen LogP contribution in [0.3, 0.4) is 0 Å². The van der Waals surface area contributed by atoms with Gasteiger partial charge >= 0.3 is 0 Å². The second-order valence-electron chi connectivity index (χ2n) is 3.90. The third-order valence-electron chi connectivity index (χ3n) is 2.83. The zero-order valence-corrected chi connectivity index (χ0v) is 8.54. The molecule has 1 atom stereocenters. The molecule has 4 nitrogen and oxygen atoms in total. The Morgan fingerprint density at radius 1 is 1.00 bits per heavy atom. The van der Waals surface area contributed by atoms with Crippen molar-refractivity contribution in [2.45, 2.75) is 31.4 Å². The molecule has 2 rings (SSSR count). The normalized spacial score (nSPS) is 30.4. The lowest BCUT2D eigenvalue weighted by Crippen LogP contribution is -2.41. The molecule has 0 aromatic rings. The maximum Gasteiger partial charge on any atom is 0.147 e. The molecule has 0 aliphatic carbocycles. The Kier molecular flexibility index (Phi) is 4.19. The van der Waals surface area contributed by atoms with Crippen LogP contribution >= 0.6 is 0 Å². The maximum atomic E-state index is 5.45. The van der Waals surface area contributed by atoms with Crippen molar-refractivity contribution >= 4 is 0 Å². The summed E-state index contributed by atoms with van der Waals surface area (Å²) in [6.07, 6.45) is 3.61. The van der Waals surface area contributed by atoms with E-state index >= 15 is 0 Å². The molecule has 0 aromatic carbocycles. The Hall–Kier alpha value is -0.160. The Bertz CT molecular complexity index is 135. The number of ether oxygens (including phenoxy) is 3. The predicted octanol–water partition coefficient (Wildman–Crippen LogP) is 0.518. The Morgan fingerprint density at radius 2 is 1.79 bits per heavy atom. The van der Waals surface area contributed by atoms with Gasteiger partial charge < -0.3 is 19.5 Å². The van der Waals surface area contributed by atoms with Crippen LogP contribution in [0.1, 0.15) is 19.3 Å². The standard InChI is InChI=1S/C10H19NO3/c1-4-12-5-2-9(1)11-7-10-3-6-13-8-14-10/h9-11H,1-8H2. The predicted molar refractivity (Wildman–Crippen MR) is 52.2 cm³/mol. The van der Waals surface area contributed by atoms with Gasteiger partial charge in [0.2, 0.25) is 0 Å². The van der Waals surface area contributed by atoms with Gasteiger partial charge in [-0.25, -0.2) is 0 Å². The molecule has 0 saturated carbocycles. The summed E-state index contributed by atoms with van der Waals surface area (Å²) in [4.78, 5) is 0. The van der Waals surface area contributed by atoms with E-state index in [1.54, 1.807) is 0 Å². The van der Waals surface area contributed by atoms with Gasteiger partial charge in [0, 0.05) is 25.8 Å². The maximum absolute atomic E-state index is 5.45. The third-order valence-corrected chi connectivity index (χ3v) is 2.83. The molecular formula is C10H19NO3. The van der Waals surface area contributed by atoms with E-state index in [1.165, 1.54) is 0 Å². The molecule has 2 heterocycles. The molecule has 1 unspecified atom stereocenters. The van der Waals surface area contributed by atoms with Crippen LogP contribution in [0.4, 0.5) is 0 Å². The van der Waals surface area contributed by atoms with Crippen molar-refractivity contribution in [2.24, 2.45) is 0 Å². The Balaban J connectivity index is 1.60. The molecule has 0 radical (unpaired) electrons. The number of rotatable bonds is 3. The third kappa shape index (κ3) is 3.20. The number of hydrogen-bond donors (Lipinski definition) is 1. The first kappa shape index (κ1) is 10.4. The summed E-state index contributed by atoms with van der Waals surface area (Å²) in [7, 11) is 0. The van der Waals surface area contributed by atoms with E-state index in [-0.39, 0.29) is 0 Å². The highest BCUT2D eigenvalue weighted by molar-refractivity contribution is 4.73. The van der Waals surface area contributed by atoms with E-state index in [0.29, 0.717) is 18.9 Å². The second kappa shape index (κ2) is 5.66. The number of hydrogen-bond acceptors (Lipinski definition) is 4. The van der Waals surface area contributed by atoms with Gasteiger partial charge in [-0.05, 0) is 19.3 Å². The molecule has 2 fully saturated rings. The van der Waals surface area contributed by atoms with Gasteiger partial charge in [0.05, 0.1) is 12.7 Å². The van der Waals surface area contributed by atoms with Crippen LogP contribution < -0.4 is 5.32 Å². The van der Waals surface area contributed by atoms with E-state index < -0.39 is 0 Å². The summed E-state index contributed by atoms with van der Waals surface area (Å²) in [6, 6.07) is 0.621. The highest BCUT2D eigenvalue weighted by Crippen LogP contribution is 2.09. The fourth-order valence-electron chi connectivity index (χ4n) is 1.86. The van der Waals surface area contributed by atoms with Crippen molar-refractivity contribution in [1.82, 2.24) is 5.32 Å². The van der Waals surface area contributed by atoms with Crippen LogP contribution in [-0.2, 0) is 14.2 Å². The van der Waals surface area contributed by atoms with Crippen molar-refractivity contribution in [1.29, 1.82) is 0 Å². The van der Waals surface area contributed by atoms with Crippen LogP contribution in [0.5, 0.6) is 0 Å². The van der Waals surface area contributed by atoms with E-state index in [9.17, 15) is 0 Å². The fourth-order valence-corrected chi connectivity index (χ4v) is 1.86. The largest absolute Gasteiger partial charge is 0.381 e. The zero-order valence-electron chi connectivity index (χ0n) is 8.54. The quantitative estimate of drug-likeness (QED) is 0.722. The molecule has 14 heavy (non-hydrogen) atoms. The first-order valence-electron chi connectivity index (χ1n) is 5.45. The molecule has 0 aromatic heterocycles. The van der Waals surface area contributed by atoms with Gasteiger partial charge in [-0.2, -0.15) is 0 Å². The summed E-state index contributed by atoms with van der Waals surface area (Å²) in [6.45, 7) is 4.03. The lowest BCUT2D eigenvalue weighted by molar-refractivity contribution is -0.137. The van der Waals surface area contributed by atoms with Gasteiger partial charge in [-0.3, -0.25) is 0 Å². The first-order chi connectivity index (χ1) is 6.95. The highest BCUT2D eigenvalue weighted by atomic mass is 16.7. The van der Waals surface area contributed by atoms with Crippen LogP contribution in [-0.4, -0.2) is 45.3 Å². The molecule has 2 aliphatic heterocycles. The number of nitrogens with one attached hydrogen (secondary N) is 1. The van der Waals surface area contributed by atoms with Crippen LogP contribution in [0.2, 0.25) is 0 Å². The molecule has 0 bridgehead atoms. The second-order valence-corrected chi connectivity index (χ2v) is 3.90. The lowest BCUT2D eigenvalue weighted by atomic mass is 10.1. The van der Waals surface area contributed by atoms with Gasteiger partial charge in [0.15, 0.2) is 0 Å². The molecule has 2 saturated heterocycles. The first-order valence-corrected chi connectivity index (χ1v) is 5.45. The smallest absolute Gasteiger partial charge is 0.147 e. The molecule has 1 N–H and O–H groups in total. The Morgan fingerprint density at radius 3 is 2.50 bits per heavy atom. The molecule has 0 amide bonds. The molecule has 2 aliphatic rings. The summed E-state index contributed by atoms with van der Waals surface area (Å²) in [5, 5.41) is 3.53. The molecule has 0 spiro atoms. The van der Waals surface area contributed by atoms with Crippen molar-refractivity contribution in [3.8, 4) is 0 Å². The van der Waals surface area contributed by atoms with Gasteiger partial charge in [0.1, 0.15) is 6.79 Å². The van der Waals surface area contributed by atoms with Crippen molar-refractivity contribution in [3.05, 3.63) is 0 Å². The van der Waals surface area contributed by atoms with E-state index in [2.05, 4.69) is 5.32 Å².